The van der Waals surface area contributed by atoms with Gasteiger partial charge in [0.2, 0.25) is 0 Å². The average Bonchev–Trinajstić information content (AvgIpc) is 2.75. The van der Waals surface area contributed by atoms with E-state index in [0.29, 0.717) is 6.04 Å². The highest BCUT2D eigenvalue weighted by Gasteiger charge is 2.21. The van der Waals surface area contributed by atoms with Gasteiger partial charge in [0.25, 0.3) is 0 Å². The van der Waals surface area contributed by atoms with Crippen molar-refractivity contribution in [2.75, 3.05) is 0 Å². The summed E-state index contributed by atoms with van der Waals surface area (Å²) >= 11 is 5.90. The summed E-state index contributed by atoms with van der Waals surface area (Å²) in [6.07, 6.45) is 3.44. The quantitative estimate of drug-likeness (QED) is 0.772. The lowest BCUT2D eigenvalue weighted by molar-refractivity contribution is 0.429. The number of nitrogens with zero attached hydrogens (tertiary/aromatic N) is 3. The lowest BCUT2D eigenvalue weighted by Crippen LogP contribution is -2.16. The summed E-state index contributed by atoms with van der Waals surface area (Å²) < 4.78 is 2.26. The molecule has 1 aromatic carbocycles. The van der Waals surface area contributed by atoms with Crippen LogP contribution in [0, 0.1) is 0 Å². The fraction of sp³-hybridized carbons (Fsp3) is 0.385. The van der Waals surface area contributed by atoms with E-state index in [1.54, 1.807) is 0 Å². The van der Waals surface area contributed by atoms with Gasteiger partial charge in [-0.05, 0) is 44.0 Å². The van der Waals surface area contributed by atoms with E-state index in [2.05, 4.69) is 21.7 Å². The van der Waals surface area contributed by atoms with Crippen molar-refractivity contribution in [1.29, 1.82) is 0 Å². The van der Waals surface area contributed by atoms with Crippen LogP contribution in [-0.4, -0.2) is 14.8 Å². The predicted molar refractivity (Wildman–Crippen MR) is 68.1 cm³/mol. The smallest absolute Gasteiger partial charge is 0.164 e. The summed E-state index contributed by atoms with van der Waals surface area (Å²) in [5.74, 6) is 2.07. The Hall–Kier alpha value is -1.35. The Kier molecular flexibility index (Phi) is 2.63. The molecule has 1 aromatic heterocycles. The third kappa shape index (κ3) is 1.84. The number of hydrogen-bond donors (Lipinski definition) is 0. The number of halogens is 1. The highest BCUT2D eigenvalue weighted by Crippen LogP contribution is 2.29. The van der Waals surface area contributed by atoms with Gasteiger partial charge in [-0.2, -0.15) is 0 Å². The van der Waals surface area contributed by atoms with E-state index in [-0.39, 0.29) is 0 Å². The van der Waals surface area contributed by atoms with E-state index in [0.717, 1.165) is 28.7 Å². The van der Waals surface area contributed by atoms with Crippen LogP contribution in [0.2, 0.25) is 5.02 Å². The number of rotatable bonds is 1. The monoisotopic (exact) mass is 247 g/mol. The Morgan fingerprint density at radius 1 is 1.24 bits per heavy atom. The molecule has 0 amide bonds. The zero-order valence-corrected chi connectivity index (χ0v) is 10.5. The predicted octanol–water partition coefficient (Wildman–Crippen LogP) is 3.50. The summed E-state index contributed by atoms with van der Waals surface area (Å²) in [6, 6.07) is 8.28. The highest BCUT2D eigenvalue weighted by atomic mass is 35.5. The second-order valence-corrected chi connectivity index (χ2v) is 4.99. The minimum absolute atomic E-state index is 0.486. The molecule has 0 saturated heterocycles. The maximum Gasteiger partial charge on any atom is 0.164 e. The average molecular weight is 248 g/mol. The van der Waals surface area contributed by atoms with Gasteiger partial charge in [-0.1, -0.05) is 11.6 Å². The van der Waals surface area contributed by atoms with Gasteiger partial charge in [0.05, 0.1) is 0 Å². The normalized spacial score (nSPS) is 19.1. The van der Waals surface area contributed by atoms with Gasteiger partial charge in [0, 0.05) is 23.0 Å². The molecule has 17 heavy (non-hydrogen) atoms. The Morgan fingerprint density at radius 3 is 2.76 bits per heavy atom. The second kappa shape index (κ2) is 4.15. The zero-order valence-electron chi connectivity index (χ0n) is 9.73. The standard InChI is InChI=1S/C13H14ClN3/c1-9-3-2-4-12-15-16-13(17(9)12)10-5-7-11(14)8-6-10/h5-9H,2-4H2,1H3. The molecule has 1 unspecified atom stereocenters. The zero-order chi connectivity index (χ0) is 11.8. The first kappa shape index (κ1) is 10.8. The Balaban J connectivity index is 2.09. The summed E-state index contributed by atoms with van der Waals surface area (Å²) in [7, 11) is 0. The van der Waals surface area contributed by atoms with Gasteiger partial charge in [-0.15, -0.1) is 10.2 Å². The molecule has 2 aromatic rings. The van der Waals surface area contributed by atoms with Gasteiger partial charge in [0.1, 0.15) is 5.82 Å². The fourth-order valence-corrected chi connectivity index (χ4v) is 2.56. The first-order chi connectivity index (χ1) is 8.25. The summed E-state index contributed by atoms with van der Waals surface area (Å²) in [6.45, 7) is 2.23. The number of fused-ring (bicyclic) bond motifs is 1. The number of aryl methyl sites for hydroxylation is 1. The van der Waals surface area contributed by atoms with Crippen LogP contribution in [0.5, 0.6) is 0 Å². The number of benzene rings is 1. The van der Waals surface area contributed by atoms with Crippen molar-refractivity contribution in [2.24, 2.45) is 0 Å². The molecule has 1 aliphatic heterocycles. The number of aromatic nitrogens is 3. The Labute approximate surface area is 105 Å². The molecule has 3 rings (SSSR count). The largest absolute Gasteiger partial charge is 0.308 e. The molecule has 1 atom stereocenters. The lowest BCUT2D eigenvalue weighted by atomic mass is 10.1. The molecule has 0 spiro atoms. The van der Waals surface area contributed by atoms with Crippen molar-refractivity contribution >= 4 is 11.6 Å². The minimum Gasteiger partial charge on any atom is -0.308 e. The van der Waals surface area contributed by atoms with Gasteiger partial charge >= 0.3 is 0 Å². The van der Waals surface area contributed by atoms with Crippen LogP contribution < -0.4 is 0 Å². The van der Waals surface area contributed by atoms with E-state index in [1.165, 1.54) is 12.8 Å². The molecule has 1 aliphatic rings. The molecule has 4 heteroatoms. The SMILES string of the molecule is CC1CCCc2nnc(-c3ccc(Cl)cc3)n21. The Morgan fingerprint density at radius 2 is 2.00 bits per heavy atom. The maximum atomic E-state index is 5.90. The van der Waals surface area contributed by atoms with Crippen LogP contribution in [0.3, 0.4) is 0 Å². The van der Waals surface area contributed by atoms with E-state index in [1.807, 2.05) is 24.3 Å². The van der Waals surface area contributed by atoms with Crippen LogP contribution >= 0.6 is 11.6 Å². The van der Waals surface area contributed by atoms with Crippen LogP contribution in [0.1, 0.15) is 31.6 Å². The molecule has 0 N–H and O–H groups in total. The topological polar surface area (TPSA) is 30.7 Å². The Bertz CT molecular complexity index is 530. The van der Waals surface area contributed by atoms with E-state index < -0.39 is 0 Å². The van der Waals surface area contributed by atoms with Gasteiger partial charge < -0.3 is 4.57 Å². The molecule has 88 valence electrons. The van der Waals surface area contributed by atoms with Gasteiger partial charge in [-0.25, -0.2) is 0 Å². The summed E-state index contributed by atoms with van der Waals surface area (Å²) in [5.41, 5.74) is 1.09. The van der Waals surface area contributed by atoms with Crippen molar-refractivity contribution < 1.29 is 0 Å². The first-order valence-corrected chi connectivity index (χ1v) is 6.33. The summed E-state index contributed by atoms with van der Waals surface area (Å²) in [5, 5.41) is 9.35. The molecule has 0 bridgehead atoms. The number of hydrogen-bond acceptors (Lipinski definition) is 2. The first-order valence-electron chi connectivity index (χ1n) is 5.95. The minimum atomic E-state index is 0.486. The highest BCUT2D eigenvalue weighted by molar-refractivity contribution is 6.30. The molecular weight excluding hydrogens is 234 g/mol. The molecule has 3 nitrogen and oxygen atoms in total. The molecule has 0 radical (unpaired) electrons. The fourth-order valence-electron chi connectivity index (χ4n) is 2.44. The molecule has 0 fully saturated rings. The third-order valence-corrected chi connectivity index (χ3v) is 3.58. The van der Waals surface area contributed by atoms with E-state index in [9.17, 15) is 0 Å². The van der Waals surface area contributed by atoms with Crippen LogP contribution in [0.15, 0.2) is 24.3 Å². The molecule has 2 heterocycles. The van der Waals surface area contributed by atoms with Crippen molar-refractivity contribution in [2.45, 2.75) is 32.2 Å². The van der Waals surface area contributed by atoms with Crippen molar-refractivity contribution in [3.8, 4) is 11.4 Å². The van der Waals surface area contributed by atoms with Gasteiger partial charge in [0.15, 0.2) is 5.82 Å². The lowest BCUT2D eigenvalue weighted by Gasteiger charge is -2.22. The van der Waals surface area contributed by atoms with Crippen LogP contribution in [0.25, 0.3) is 11.4 Å². The molecule has 0 saturated carbocycles. The van der Waals surface area contributed by atoms with Crippen molar-refractivity contribution in [3.05, 3.63) is 35.1 Å². The second-order valence-electron chi connectivity index (χ2n) is 4.56. The van der Waals surface area contributed by atoms with Gasteiger partial charge in [-0.3, -0.25) is 0 Å². The van der Waals surface area contributed by atoms with E-state index in [4.69, 9.17) is 11.6 Å². The molecular formula is C13H14ClN3. The maximum absolute atomic E-state index is 5.90. The third-order valence-electron chi connectivity index (χ3n) is 3.33. The molecule has 0 aliphatic carbocycles. The van der Waals surface area contributed by atoms with Crippen molar-refractivity contribution in [1.82, 2.24) is 14.8 Å². The van der Waals surface area contributed by atoms with E-state index >= 15 is 0 Å². The van der Waals surface area contributed by atoms with Crippen LogP contribution in [-0.2, 0) is 6.42 Å². The van der Waals surface area contributed by atoms with Crippen LogP contribution in [0.4, 0.5) is 0 Å². The summed E-state index contributed by atoms with van der Waals surface area (Å²) in [4.78, 5) is 0. The van der Waals surface area contributed by atoms with Crippen molar-refractivity contribution in [3.63, 3.8) is 0 Å².